The van der Waals surface area contributed by atoms with Crippen LogP contribution < -0.4 is 10.6 Å². The molecule has 0 radical (unpaired) electrons. The number of carboxylic acids is 1. The van der Waals surface area contributed by atoms with Crippen molar-refractivity contribution in [3.8, 4) is 0 Å². The van der Waals surface area contributed by atoms with Crippen molar-refractivity contribution in [3.05, 3.63) is 16.6 Å². The molecule has 1 rings (SSSR count). The molecule has 1 aromatic heterocycles. The molecule has 0 saturated heterocycles. The fourth-order valence-corrected chi connectivity index (χ4v) is 2.37. The van der Waals surface area contributed by atoms with Crippen LogP contribution >= 0.6 is 11.3 Å². The summed E-state index contributed by atoms with van der Waals surface area (Å²) in [5.41, 5.74) is 0. The average Bonchev–Trinajstić information content (AvgIpc) is 2.94. The minimum Gasteiger partial charge on any atom is -0.481 e. The van der Waals surface area contributed by atoms with E-state index in [-0.39, 0.29) is 25.0 Å². The van der Waals surface area contributed by atoms with Crippen LogP contribution in [-0.2, 0) is 9.53 Å². The van der Waals surface area contributed by atoms with Gasteiger partial charge in [-0.2, -0.15) is 0 Å². The van der Waals surface area contributed by atoms with Crippen LogP contribution in [0.5, 0.6) is 0 Å². The molecule has 1 aromatic rings. The van der Waals surface area contributed by atoms with E-state index in [1.54, 1.807) is 6.20 Å². The molecule has 0 spiro atoms. The number of nitrogens with one attached hydrogen (secondary N) is 2. The summed E-state index contributed by atoms with van der Waals surface area (Å²) >= 11 is 1.48. The Morgan fingerprint density at radius 2 is 2.30 bits per heavy atom. The first-order valence-corrected chi connectivity index (χ1v) is 7.13. The number of rotatable bonds is 8. The number of ether oxygens (including phenoxy) is 1. The lowest BCUT2D eigenvalue weighted by Gasteiger charge is -2.17. The summed E-state index contributed by atoms with van der Waals surface area (Å²) < 4.78 is 4.98. The molecule has 0 aliphatic rings. The van der Waals surface area contributed by atoms with Gasteiger partial charge in [0.2, 0.25) is 0 Å². The highest BCUT2D eigenvalue weighted by molar-refractivity contribution is 7.09. The van der Waals surface area contributed by atoms with Crippen LogP contribution in [0.15, 0.2) is 11.6 Å². The number of amides is 2. The maximum Gasteiger partial charge on any atom is 0.315 e. The number of nitrogens with zero attached hydrogens (tertiary/aromatic N) is 1. The molecule has 20 heavy (non-hydrogen) atoms. The van der Waals surface area contributed by atoms with Gasteiger partial charge in [-0.1, -0.05) is 6.92 Å². The first-order chi connectivity index (χ1) is 9.56. The molecule has 0 aromatic carbocycles. The molecule has 0 aliphatic heterocycles. The number of hydrogen-bond donors (Lipinski definition) is 3. The standard InChI is InChI=1S/C12H19N3O4S/c1-3-9(11-13-4-5-20-11)15-12(18)14-7-8(19-2)6-10(16)17/h4-5,8-9H,3,6-7H2,1-2H3,(H,16,17)(H2,14,15,18). The van der Waals surface area contributed by atoms with Crippen LogP contribution in [-0.4, -0.2) is 41.8 Å². The van der Waals surface area contributed by atoms with E-state index in [0.29, 0.717) is 0 Å². The highest BCUT2D eigenvalue weighted by Gasteiger charge is 2.17. The molecule has 1 heterocycles. The third-order valence-electron chi connectivity index (χ3n) is 2.69. The average molecular weight is 301 g/mol. The van der Waals surface area contributed by atoms with Gasteiger partial charge < -0.3 is 20.5 Å². The Morgan fingerprint density at radius 1 is 1.55 bits per heavy atom. The Hall–Kier alpha value is -1.67. The fourth-order valence-electron chi connectivity index (χ4n) is 1.59. The van der Waals surface area contributed by atoms with E-state index in [9.17, 15) is 9.59 Å². The zero-order valence-corrected chi connectivity index (χ0v) is 12.3. The van der Waals surface area contributed by atoms with Gasteiger partial charge in [0.05, 0.1) is 18.6 Å². The molecule has 2 unspecified atom stereocenters. The number of hydrogen-bond acceptors (Lipinski definition) is 5. The summed E-state index contributed by atoms with van der Waals surface area (Å²) in [6, 6.07) is -0.505. The number of aromatic nitrogens is 1. The molecule has 3 N–H and O–H groups in total. The topological polar surface area (TPSA) is 101 Å². The van der Waals surface area contributed by atoms with Crippen LogP contribution in [0.3, 0.4) is 0 Å². The first-order valence-electron chi connectivity index (χ1n) is 6.25. The highest BCUT2D eigenvalue weighted by atomic mass is 32.1. The van der Waals surface area contributed by atoms with E-state index < -0.39 is 12.1 Å². The Bertz CT molecular complexity index is 424. The van der Waals surface area contributed by atoms with Gasteiger partial charge in [-0.3, -0.25) is 4.79 Å². The van der Waals surface area contributed by atoms with Crippen molar-refractivity contribution in [1.29, 1.82) is 0 Å². The lowest BCUT2D eigenvalue weighted by Crippen LogP contribution is -2.42. The van der Waals surface area contributed by atoms with Crippen LogP contribution in [0.1, 0.15) is 30.8 Å². The van der Waals surface area contributed by atoms with E-state index in [1.807, 2.05) is 12.3 Å². The molecule has 8 heteroatoms. The smallest absolute Gasteiger partial charge is 0.315 e. The molecule has 7 nitrogen and oxygen atoms in total. The van der Waals surface area contributed by atoms with Gasteiger partial charge in [0.1, 0.15) is 5.01 Å². The Balaban J connectivity index is 2.40. The van der Waals surface area contributed by atoms with E-state index in [2.05, 4.69) is 15.6 Å². The lowest BCUT2D eigenvalue weighted by atomic mass is 10.2. The SMILES string of the molecule is CCC(NC(=O)NCC(CC(=O)O)OC)c1nccs1. The van der Waals surface area contributed by atoms with Gasteiger partial charge in [0, 0.05) is 25.2 Å². The van der Waals surface area contributed by atoms with Gasteiger partial charge in [0.25, 0.3) is 0 Å². The predicted molar refractivity (Wildman–Crippen MR) is 74.7 cm³/mol. The van der Waals surface area contributed by atoms with Crippen molar-refractivity contribution in [2.45, 2.75) is 31.9 Å². The molecule has 112 valence electrons. The zero-order chi connectivity index (χ0) is 15.0. The second-order valence-corrected chi connectivity index (χ2v) is 5.07. The number of urea groups is 1. The monoisotopic (exact) mass is 301 g/mol. The predicted octanol–water partition coefficient (Wildman–Crippen LogP) is 1.38. The normalized spacial score (nSPS) is 13.5. The quantitative estimate of drug-likeness (QED) is 0.673. The summed E-state index contributed by atoms with van der Waals surface area (Å²) in [5.74, 6) is -0.965. The zero-order valence-electron chi connectivity index (χ0n) is 11.5. The van der Waals surface area contributed by atoms with E-state index in [1.165, 1.54) is 18.4 Å². The number of methoxy groups -OCH3 is 1. The number of thiazole rings is 1. The van der Waals surface area contributed by atoms with Gasteiger partial charge >= 0.3 is 12.0 Å². The Labute approximate surface area is 121 Å². The molecular formula is C12H19N3O4S. The van der Waals surface area contributed by atoms with Crippen molar-refractivity contribution in [1.82, 2.24) is 15.6 Å². The third kappa shape index (κ3) is 5.54. The Morgan fingerprint density at radius 3 is 2.80 bits per heavy atom. The summed E-state index contributed by atoms with van der Waals surface area (Å²) in [6.45, 7) is 2.09. The number of carbonyl (C=O) groups excluding carboxylic acids is 1. The maximum absolute atomic E-state index is 11.8. The molecule has 2 amide bonds. The maximum atomic E-state index is 11.8. The summed E-state index contributed by atoms with van der Waals surface area (Å²) in [5, 5.41) is 16.8. The molecule has 0 bridgehead atoms. The van der Waals surface area contributed by atoms with Crippen LogP contribution in [0.4, 0.5) is 4.79 Å². The number of aliphatic carboxylic acids is 1. The van der Waals surface area contributed by atoms with Crippen molar-refractivity contribution in [3.63, 3.8) is 0 Å². The van der Waals surface area contributed by atoms with Crippen molar-refractivity contribution < 1.29 is 19.4 Å². The molecule has 0 aliphatic carbocycles. The second kappa shape index (κ2) is 8.49. The minimum absolute atomic E-state index is 0.142. The van der Waals surface area contributed by atoms with Crippen molar-refractivity contribution in [2.24, 2.45) is 0 Å². The molecular weight excluding hydrogens is 282 g/mol. The van der Waals surface area contributed by atoms with Crippen LogP contribution in [0.25, 0.3) is 0 Å². The van der Waals surface area contributed by atoms with Gasteiger partial charge in [-0.25, -0.2) is 9.78 Å². The number of carboxylic acid groups (broad SMARTS) is 1. The minimum atomic E-state index is -0.965. The third-order valence-corrected chi connectivity index (χ3v) is 3.58. The van der Waals surface area contributed by atoms with Crippen LogP contribution in [0.2, 0.25) is 0 Å². The lowest BCUT2D eigenvalue weighted by molar-refractivity contribution is -0.139. The largest absolute Gasteiger partial charge is 0.481 e. The van der Waals surface area contributed by atoms with Crippen molar-refractivity contribution in [2.75, 3.05) is 13.7 Å². The summed E-state index contributed by atoms with van der Waals surface area (Å²) in [6.07, 6.45) is 1.72. The van der Waals surface area contributed by atoms with Crippen LogP contribution in [0, 0.1) is 0 Å². The molecule has 2 atom stereocenters. The summed E-state index contributed by atoms with van der Waals surface area (Å²) in [4.78, 5) is 26.5. The highest BCUT2D eigenvalue weighted by Crippen LogP contribution is 2.18. The number of carbonyl (C=O) groups is 2. The van der Waals surface area contributed by atoms with E-state index >= 15 is 0 Å². The fraction of sp³-hybridized carbons (Fsp3) is 0.583. The molecule has 0 fully saturated rings. The summed E-state index contributed by atoms with van der Waals surface area (Å²) in [7, 11) is 1.41. The van der Waals surface area contributed by atoms with Gasteiger partial charge in [0.15, 0.2) is 0 Å². The van der Waals surface area contributed by atoms with E-state index in [4.69, 9.17) is 9.84 Å². The second-order valence-electron chi connectivity index (χ2n) is 4.14. The Kier molecular flexibility index (Phi) is 6.96. The van der Waals surface area contributed by atoms with Gasteiger partial charge in [-0.15, -0.1) is 11.3 Å². The first kappa shape index (κ1) is 16.4. The van der Waals surface area contributed by atoms with Crippen molar-refractivity contribution >= 4 is 23.3 Å². The molecule has 0 saturated carbocycles. The van der Waals surface area contributed by atoms with Gasteiger partial charge in [-0.05, 0) is 6.42 Å². The van der Waals surface area contributed by atoms with E-state index in [0.717, 1.165) is 11.4 Å².